The zero-order chi connectivity index (χ0) is 13.1. The predicted octanol–water partition coefficient (Wildman–Crippen LogP) is 2.16. The van der Waals surface area contributed by atoms with Gasteiger partial charge in [0.2, 0.25) is 0 Å². The normalized spacial score (nSPS) is 18.4. The first-order chi connectivity index (χ1) is 9.93. The third-order valence-electron chi connectivity index (χ3n) is 4.12. The first-order valence-electron chi connectivity index (χ1n) is 7.21. The second-order valence-electron chi connectivity index (χ2n) is 5.45. The van der Waals surface area contributed by atoms with Crippen LogP contribution in [-0.4, -0.2) is 58.9 Å². The molecule has 1 aliphatic carbocycles. The summed E-state index contributed by atoms with van der Waals surface area (Å²) in [6, 6.07) is 4.97. The van der Waals surface area contributed by atoms with Crippen molar-refractivity contribution in [1.29, 1.82) is 0 Å². The molecule has 102 valence electrons. The molecule has 2 aromatic rings. The Balaban J connectivity index is 1.73. The fourth-order valence-electron chi connectivity index (χ4n) is 3.06. The summed E-state index contributed by atoms with van der Waals surface area (Å²) in [5.41, 5.74) is 0. The van der Waals surface area contributed by atoms with Crippen molar-refractivity contribution in [2.24, 2.45) is 0 Å². The van der Waals surface area contributed by atoms with E-state index in [-0.39, 0.29) is 0 Å². The van der Waals surface area contributed by atoms with E-state index in [0.29, 0.717) is 14.5 Å². The molecule has 0 amide bonds. The summed E-state index contributed by atoms with van der Waals surface area (Å²) in [6.45, 7) is 0. The van der Waals surface area contributed by atoms with Crippen LogP contribution < -0.4 is 8.92 Å². The molecule has 3 heterocycles. The summed E-state index contributed by atoms with van der Waals surface area (Å²) in [5.74, 6) is 0. The van der Waals surface area contributed by atoms with Crippen LogP contribution in [0.5, 0.6) is 0 Å². The average molecular weight is 522 g/mol. The topological polar surface area (TPSA) is 0 Å². The molecule has 0 fully saturated rings. The molecule has 0 N–H and O–H groups in total. The molecular formula is C16H14Se4. The van der Waals surface area contributed by atoms with Crippen molar-refractivity contribution in [2.45, 2.75) is 36.3 Å². The van der Waals surface area contributed by atoms with Crippen molar-refractivity contribution >= 4 is 87.1 Å². The molecule has 20 heavy (non-hydrogen) atoms. The van der Waals surface area contributed by atoms with E-state index in [9.17, 15) is 0 Å². The summed E-state index contributed by atoms with van der Waals surface area (Å²) in [5, 5.41) is 6.44. The van der Waals surface area contributed by atoms with Crippen LogP contribution in [0.2, 0.25) is 10.6 Å². The van der Waals surface area contributed by atoms with Gasteiger partial charge in [-0.25, -0.2) is 0 Å². The van der Waals surface area contributed by atoms with Crippen molar-refractivity contribution in [3.05, 3.63) is 12.1 Å². The fraction of sp³-hybridized carbons (Fsp3) is 0.375. The molecule has 0 nitrogen and oxygen atoms in total. The van der Waals surface area contributed by atoms with E-state index < -0.39 is 0 Å². The second-order valence-corrected chi connectivity index (χ2v) is 14.4. The molecule has 0 saturated carbocycles. The summed E-state index contributed by atoms with van der Waals surface area (Å²) in [7, 11) is 0. The predicted molar refractivity (Wildman–Crippen MR) is 93.2 cm³/mol. The standard InChI is InChI=1S/C16H14Se4/c1-2-4-8-18-13-11-9-5-6-10(17-7-3-1)12(9)19-14(11)16-15(13)20-16/h5-6H,1-4,7-8H2. The Bertz CT molecular complexity index is 824. The Labute approximate surface area is 143 Å². The van der Waals surface area contributed by atoms with Crippen LogP contribution in [0.1, 0.15) is 25.7 Å². The van der Waals surface area contributed by atoms with E-state index in [0.717, 1.165) is 44.4 Å². The number of hydrogen-bond donors (Lipinski definition) is 0. The van der Waals surface area contributed by atoms with Crippen LogP contribution in [0.15, 0.2) is 12.1 Å². The van der Waals surface area contributed by atoms with Gasteiger partial charge in [-0.15, -0.1) is 0 Å². The Hall–Kier alpha value is 0.778. The third-order valence-corrected chi connectivity index (χ3v) is 15.8. The van der Waals surface area contributed by atoms with Crippen LogP contribution in [-0.2, 0) is 0 Å². The molecule has 4 bridgehead atoms. The molecular weight excluding hydrogens is 508 g/mol. The molecule has 1 aromatic heterocycles. The Morgan fingerprint density at radius 2 is 1.60 bits per heavy atom. The zero-order valence-electron chi connectivity index (χ0n) is 11.0. The van der Waals surface area contributed by atoms with E-state index in [2.05, 4.69) is 12.1 Å². The SMILES string of the molecule is c1cc2c3[se]c4c5[se]c-5c(c42)[Se]CCCCCC[Se]c13. The summed E-state index contributed by atoms with van der Waals surface area (Å²) in [4.78, 5) is 0. The molecule has 0 spiro atoms. The van der Waals surface area contributed by atoms with Gasteiger partial charge in [0.05, 0.1) is 0 Å². The Kier molecular flexibility index (Phi) is 3.41. The monoisotopic (exact) mass is 526 g/mol. The van der Waals surface area contributed by atoms with Gasteiger partial charge in [-0.05, 0) is 0 Å². The number of hydrogen-bond acceptors (Lipinski definition) is 0. The summed E-state index contributed by atoms with van der Waals surface area (Å²) >= 11 is 3.00. The van der Waals surface area contributed by atoms with Gasteiger partial charge < -0.3 is 0 Å². The molecule has 2 aliphatic heterocycles. The van der Waals surface area contributed by atoms with Gasteiger partial charge in [0.15, 0.2) is 0 Å². The van der Waals surface area contributed by atoms with Gasteiger partial charge in [-0.3, -0.25) is 0 Å². The third kappa shape index (κ3) is 1.98. The minimum atomic E-state index is 0.673. The quantitative estimate of drug-likeness (QED) is 0.311. The van der Waals surface area contributed by atoms with Crippen molar-refractivity contribution < 1.29 is 0 Å². The van der Waals surface area contributed by atoms with Gasteiger partial charge in [0, 0.05) is 0 Å². The Morgan fingerprint density at radius 1 is 0.750 bits per heavy atom. The average Bonchev–Trinajstić information content (AvgIpc) is 2.86. The van der Waals surface area contributed by atoms with Gasteiger partial charge in [-0.2, -0.15) is 0 Å². The fourth-order valence-corrected chi connectivity index (χ4v) is 15.6. The van der Waals surface area contributed by atoms with Crippen LogP contribution in [0.25, 0.3) is 28.2 Å². The maximum atomic E-state index is 2.48. The van der Waals surface area contributed by atoms with Crippen molar-refractivity contribution in [2.75, 3.05) is 0 Å². The first kappa shape index (κ1) is 13.2. The van der Waals surface area contributed by atoms with Crippen molar-refractivity contribution in [3.63, 3.8) is 0 Å². The first-order valence-corrected chi connectivity index (χ1v) is 14.8. The van der Waals surface area contributed by atoms with Gasteiger partial charge >= 0.3 is 144 Å². The van der Waals surface area contributed by atoms with Crippen LogP contribution >= 0.6 is 0 Å². The van der Waals surface area contributed by atoms with Crippen molar-refractivity contribution in [3.8, 4) is 8.87 Å². The summed E-state index contributed by atoms with van der Waals surface area (Å²) < 4.78 is 11.0. The number of fused-ring (bicyclic) bond motifs is 3. The Morgan fingerprint density at radius 3 is 2.50 bits per heavy atom. The molecule has 0 radical (unpaired) electrons. The molecule has 5 rings (SSSR count). The summed E-state index contributed by atoms with van der Waals surface area (Å²) in [6.07, 6.45) is 5.92. The van der Waals surface area contributed by atoms with Crippen molar-refractivity contribution in [1.82, 2.24) is 0 Å². The molecule has 4 heteroatoms. The van der Waals surface area contributed by atoms with E-state index >= 15 is 0 Å². The zero-order valence-corrected chi connectivity index (χ0v) is 17.9. The molecule has 0 unspecified atom stereocenters. The van der Waals surface area contributed by atoms with Gasteiger partial charge in [-0.1, -0.05) is 0 Å². The molecule has 3 aliphatic rings. The van der Waals surface area contributed by atoms with Crippen LogP contribution in [0, 0.1) is 0 Å². The van der Waals surface area contributed by atoms with E-state index in [4.69, 9.17) is 0 Å². The van der Waals surface area contributed by atoms with E-state index in [1.54, 1.807) is 15.2 Å². The van der Waals surface area contributed by atoms with E-state index in [1.165, 1.54) is 36.3 Å². The van der Waals surface area contributed by atoms with Gasteiger partial charge in [0.25, 0.3) is 0 Å². The van der Waals surface area contributed by atoms with Gasteiger partial charge in [0.1, 0.15) is 0 Å². The maximum absolute atomic E-state index is 2.48. The molecule has 0 saturated heterocycles. The molecule has 0 atom stereocenters. The second kappa shape index (κ2) is 5.16. The minimum absolute atomic E-state index is 0.673. The number of rotatable bonds is 0. The molecule has 1 aromatic carbocycles. The van der Waals surface area contributed by atoms with E-state index in [1.807, 2.05) is 21.9 Å². The van der Waals surface area contributed by atoms with Crippen LogP contribution in [0.3, 0.4) is 0 Å². The van der Waals surface area contributed by atoms with Crippen LogP contribution in [0.4, 0.5) is 0 Å².